The number of nitrogens with two attached hydrogens (primary N) is 1. The Morgan fingerprint density at radius 2 is 1.95 bits per heavy atom. The van der Waals surface area contributed by atoms with Crippen LogP contribution in [0, 0.1) is 0 Å². The van der Waals surface area contributed by atoms with E-state index in [2.05, 4.69) is 0 Å². The third-order valence-corrected chi connectivity index (χ3v) is 2.99. The second-order valence-electron chi connectivity index (χ2n) is 4.12. The Bertz CT molecular complexity index is 420. The van der Waals surface area contributed by atoms with Crippen LogP contribution in [0.3, 0.4) is 0 Å². The van der Waals surface area contributed by atoms with Crippen LogP contribution in [0.2, 0.25) is 0 Å². The summed E-state index contributed by atoms with van der Waals surface area (Å²) in [6, 6.07) is 5.62. The molecule has 0 fully saturated rings. The van der Waals surface area contributed by atoms with Crippen LogP contribution in [-0.4, -0.2) is 53.5 Å². The molecule has 0 aromatic heterocycles. The predicted octanol–water partition coefficient (Wildman–Crippen LogP) is 0.116. The van der Waals surface area contributed by atoms with Gasteiger partial charge in [0.05, 0.1) is 25.9 Å². The number of ether oxygens (including phenoxy) is 1. The maximum Gasteiger partial charge on any atom is 0.129 e. The van der Waals surface area contributed by atoms with Crippen molar-refractivity contribution in [1.29, 1.82) is 0 Å². The van der Waals surface area contributed by atoms with Gasteiger partial charge in [-0.1, -0.05) is 18.3 Å². The minimum Gasteiger partial charge on any atom is -0.496 e. The molecule has 0 heterocycles. The number of nitrogens with zero attached hydrogens (tertiary/aromatic N) is 1. The van der Waals surface area contributed by atoms with Crippen molar-refractivity contribution in [2.45, 2.75) is 6.54 Å². The zero-order valence-corrected chi connectivity index (χ0v) is 11.8. The summed E-state index contributed by atoms with van der Waals surface area (Å²) in [7, 11) is 1.57. The van der Waals surface area contributed by atoms with E-state index in [-0.39, 0.29) is 18.2 Å². The smallest absolute Gasteiger partial charge is 0.129 e. The van der Waals surface area contributed by atoms with Crippen molar-refractivity contribution in [1.82, 2.24) is 4.90 Å². The maximum absolute atomic E-state index is 8.98. The normalized spacial score (nSPS) is 10.7. The van der Waals surface area contributed by atoms with Gasteiger partial charge in [0.1, 0.15) is 10.7 Å². The lowest BCUT2D eigenvalue weighted by Crippen LogP contribution is -2.29. The molecule has 0 unspecified atom stereocenters. The molecule has 5 nitrogen and oxygen atoms in total. The van der Waals surface area contributed by atoms with Crippen molar-refractivity contribution < 1.29 is 14.9 Å². The molecule has 0 atom stereocenters. The molecule has 19 heavy (non-hydrogen) atoms. The first-order valence-corrected chi connectivity index (χ1v) is 6.44. The number of benzene rings is 1. The van der Waals surface area contributed by atoms with Gasteiger partial charge in [-0.2, -0.15) is 0 Å². The van der Waals surface area contributed by atoms with Crippen molar-refractivity contribution in [2.24, 2.45) is 5.73 Å². The number of aliphatic hydroxyl groups excluding tert-OH is 2. The Morgan fingerprint density at radius 3 is 2.42 bits per heavy atom. The lowest BCUT2D eigenvalue weighted by Gasteiger charge is -2.20. The van der Waals surface area contributed by atoms with E-state index in [0.29, 0.717) is 30.9 Å². The van der Waals surface area contributed by atoms with Gasteiger partial charge in [-0.25, -0.2) is 0 Å². The fourth-order valence-electron chi connectivity index (χ4n) is 1.86. The highest BCUT2D eigenvalue weighted by molar-refractivity contribution is 7.80. The van der Waals surface area contributed by atoms with Crippen molar-refractivity contribution in [2.75, 3.05) is 33.4 Å². The molecule has 0 spiro atoms. The third-order valence-electron chi connectivity index (χ3n) is 2.77. The molecule has 0 bridgehead atoms. The van der Waals surface area contributed by atoms with Gasteiger partial charge in [-0.05, 0) is 17.7 Å². The van der Waals surface area contributed by atoms with E-state index in [1.54, 1.807) is 7.11 Å². The first kappa shape index (κ1) is 15.8. The second-order valence-corrected chi connectivity index (χ2v) is 4.56. The Labute approximate surface area is 118 Å². The molecule has 0 aliphatic heterocycles. The van der Waals surface area contributed by atoms with Crippen LogP contribution in [0.5, 0.6) is 5.75 Å². The summed E-state index contributed by atoms with van der Waals surface area (Å²) < 4.78 is 5.20. The molecule has 4 N–H and O–H groups in total. The summed E-state index contributed by atoms with van der Waals surface area (Å²) in [5, 5.41) is 18.0. The molecule has 0 amide bonds. The van der Waals surface area contributed by atoms with E-state index in [1.807, 2.05) is 23.1 Å². The van der Waals surface area contributed by atoms with Crippen molar-refractivity contribution >= 4 is 17.2 Å². The number of hydrogen-bond acceptors (Lipinski definition) is 5. The van der Waals surface area contributed by atoms with E-state index < -0.39 is 0 Å². The molecule has 0 radical (unpaired) electrons. The number of rotatable bonds is 8. The zero-order valence-electron chi connectivity index (χ0n) is 11.0. The second kappa shape index (κ2) is 8.06. The minimum atomic E-state index is 0.0539. The summed E-state index contributed by atoms with van der Waals surface area (Å²) >= 11 is 5.00. The summed E-state index contributed by atoms with van der Waals surface area (Å²) in [5.41, 5.74) is 7.37. The molecular weight excluding hydrogens is 264 g/mol. The van der Waals surface area contributed by atoms with Gasteiger partial charge in [-0.3, -0.25) is 4.90 Å². The largest absolute Gasteiger partial charge is 0.496 e. The fourth-order valence-corrected chi connectivity index (χ4v) is 2.02. The van der Waals surface area contributed by atoms with Gasteiger partial charge in [-0.15, -0.1) is 0 Å². The maximum atomic E-state index is 8.98. The molecule has 0 aliphatic rings. The SMILES string of the molecule is COc1ccc(CN(CCO)CCO)cc1C(N)=S. The van der Waals surface area contributed by atoms with E-state index >= 15 is 0 Å². The van der Waals surface area contributed by atoms with Crippen LogP contribution in [0.15, 0.2) is 18.2 Å². The van der Waals surface area contributed by atoms with E-state index in [1.165, 1.54) is 0 Å². The molecule has 106 valence electrons. The van der Waals surface area contributed by atoms with Crippen molar-refractivity contribution in [3.8, 4) is 5.75 Å². The minimum absolute atomic E-state index is 0.0539. The molecule has 0 aliphatic carbocycles. The number of aliphatic hydroxyl groups is 2. The number of methoxy groups -OCH3 is 1. The van der Waals surface area contributed by atoms with Crippen LogP contribution in [0.4, 0.5) is 0 Å². The molecule has 1 rings (SSSR count). The Morgan fingerprint density at radius 1 is 1.32 bits per heavy atom. The van der Waals surface area contributed by atoms with E-state index in [9.17, 15) is 0 Å². The summed E-state index contributed by atoms with van der Waals surface area (Å²) in [6.45, 7) is 1.74. The monoisotopic (exact) mass is 284 g/mol. The van der Waals surface area contributed by atoms with Gasteiger partial charge >= 0.3 is 0 Å². The highest BCUT2D eigenvalue weighted by Crippen LogP contribution is 2.20. The van der Waals surface area contributed by atoms with Gasteiger partial charge in [0, 0.05) is 19.6 Å². The zero-order chi connectivity index (χ0) is 14.3. The average molecular weight is 284 g/mol. The first-order chi connectivity index (χ1) is 9.12. The lowest BCUT2D eigenvalue weighted by molar-refractivity contribution is 0.156. The molecular formula is C13H20N2O3S. The third kappa shape index (κ3) is 4.76. The molecule has 0 saturated heterocycles. The quantitative estimate of drug-likeness (QED) is 0.588. The first-order valence-electron chi connectivity index (χ1n) is 6.03. The van der Waals surface area contributed by atoms with E-state index in [4.69, 9.17) is 32.9 Å². The summed E-state index contributed by atoms with van der Waals surface area (Å²) in [4.78, 5) is 2.24. The molecule has 0 saturated carbocycles. The van der Waals surface area contributed by atoms with Crippen LogP contribution >= 0.6 is 12.2 Å². The summed E-state index contributed by atoms with van der Waals surface area (Å²) in [6.07, 6.45) is 0. The van der Waals surface area contributed by atoms with Crippen molar-refractivity contribution in [3.63, 3.8) is 0 Å². The van der Waals surface area contributed by atoms with E-state index in [0.717, 1.165) is 5.56 Å². The van der Waals surface area contributed by atoms with Crippen LogP contribution in [-0.2, 0) is 6.54 Å². The van der Waals surface area contributed by atoms with Crippen LogP contribution in [0.1, 0.15) is 11.1 Å². The number of thiocarbonyl (C=S) groups is 1. The Hall–Kier alpha value is -1.21. The predicted molar refractivity (Wildman–Crippen MR) is 78.3 cm³/mol. The lowest BCUT2D eigenvalue weighted by atomic mass is 10.1. The highest BCUT2D eigenvalue weighted by atomic mass is 32.1. The molecule has 1 aromatic carbocycles. The van der Waals surface area contributed by atoms with Gasteiger partial charge in [0.2, 0.25) is 0 Å². The van der Waals surface area contributed by atoms with Crippen molar-refractivity contribution in [3.05, 3.63) is 29.3 Å². The molecule has 1 aromatic rings. The topological polar surface area (TPSA) is 79.0 Å². The summed E-state index contributed by atoms with van der Waals surface area (Å²) in [5.74, 6) is 0.645. The average Bonchev–Trinajstić information content (AvgIpc) is 2.39. The standard InChI is InChI=1S/C13H20N2O3S/c1-18-12-3-2-10(8-11(12)13(14)19)9-15(4-6-16)5-7-17/h2-3,8,16-17H,4-7,9H2,1H3,(H2,14,19). The fraction of sp³-hybridized carbons (Fsp3) is 0.462. The van der Waals surface area contributed by atoms with Gasteiger partial charge in [0.25, 0.3) is 0 Å². The Balaban J connectivity index is 2.88. The Kier molecular flexibility index (Phi) is 6.72. The van der Waals surface area contributed by atoms with Gasteiger partial charge in [0.15, 0.2) is 0 Å². The van der Waals surface area contributed by atoms with Gasteiger partial charge < -0.3 is 20.7 Å². The number of hydrogen-bond donors (Lipinski definition) is 3. The highest BCUT2D eigenvalue weighted by Gasteiger charge is 2.10. The van der Waals surface area contributed by atoms with Crippen LogP contribution in [0.25, 0.3) is 0 Å². The molecule has 6 heteroatoms. The van der Waals surface area contributed by atoms with Crippen LogP contribution < -0.4 is 10.5 Å².